The highest BCUT2D eigenvalue weighted by molar-refractivity contribution is 6.07. The smallest absolute Gasteiger partial charge is 0.251 e. The van der Waals surface area contributed by atoms with Crippen molar-refractivity contribution >= 4 is 23.3 Å². The van der Waals surface area contributed by atoms with Gasteiger partial charge in [0.1, 0.15) is 0 Å². The summed E-state index contributed by atoms with van der Waals surface area (Å²) in [5.41, 5.74) is 1.43. The molecule has 0 saturated heterocycles. The molecule has 0 saturated carbocycles. The highest BCUT2D eigenvalue weighted by atomic mass is 16.5. The van der Waals surface area contributed by atoms with Crippen molar-refractivity contribution in [3.8, 4) is 0 Å². The number of nitrogens with one attached hydrogen (secondary N) is 2. The van der Waals surface area contributed by atoms with Gasteiger partial charge in [0.25, 0.3) is 5.91 Å². The number of carbonyl (C=O) groups excluding carboxylic acids is 3. The standard InChI is InChI=1S/C17H22N2O4/c1-12(11-16(21)18-9-4-10-23-3)17(22)19-15-7-5-14(6-8-15)13(2)20/h5-8,11H,4,9-10H2,1-3H3,(H,18,21)(H,19,22)/b12-11-. The molecule has 0 bridgehead atoms. The quantitative estimate of drug-likeness (QED) is 0.436. The van der Waals surface area contributed by atoms with Crippen molar-refractivity contribution in [2.24, 2.45) is 0 Å². The first-order chi connectivity index (χ1) is 10.9. The summed E-state index contributed by atoms with van der Waals surface area (Å²) >= 11 is 0. The summed E-state index contributed by atoms with van der Waals surface area (Å²) in [7, 11) is 1.60. The normalized spacial score (nSPS) is 11.0. The zero-order valence-electron chi connectivity index (χ0n) is 13.6. The van der Waals surface area contributed by atoms with Gasteiger partial charge in [-0.3, -0.25) is 14.4 Å². The minimum atomic E-state index is -0.368. The molecule has 2 amide bonds. The van der Waals surface area contributed by atoms with Crippen LogP contribution in [0.1, 0.15) is 30.6 Å². The molecule has 0 aliphatic carbocycles. The van der Waals surface area contributed by atoms with Gasteiger partial charge in [0.05, 0.1) is 0 Å². The number of Topliss-reactive ketones (excluding diaryl/α,β-unsaturated/α-hetero) is 1. The Labute approximate surface area is 135 Å². The lowest BCUT2D eigenvalue weighted by molar-refractivity contribution is -0.117. The molecule has 0 heterocycles. The SMILES string of the molecule is COCCCNC(=O)/C=C(/C)C(=O)Nc1ccc(C(C)=O)cc1. The molecular weight excluding hydrogens is 296 g/mol. The first-order valence-corrected chi connectivity index (χ1v) is 7.31. The van der Waals surface area contributed by atoms with Crippen LogP contribution in [0.3, 0.4) is 0 Å². The predicted molar refractivity (Wildman–Crippen MR) is 88.3 cm³/mol. The van der Waals surface area contributed by atoms with Crippen LogP contribution in [0.2, 0.25) is 0 Å². The molecule has 1 aromatic carbocycles. The van der Waals surface area contributed by atoms with Crippen LogP contribution in [0.25, 0.3) is 0 Å². The Morgan fingerprint density at radius 3 is 2.35 bits per heavy atom. The average Bonchev–Trinajstić information content (AvgIpc) is 2.52. The Bertz CT molecular complexity index is 591. The van der Waals surface area contributed by atoms with Crippen LogP contribution >= 0.6 is 0 Å². The molecule has 6 heteroatoms. The van der Waals surface area contributed by atoms with Crippen molar-refractivity contribution < 1.29 is 19.1 Å². The van der Waals surface area contributed by atoms with Gasteiger partial charge in [-0.2, -0.15) is 0 Å². The van der Waals surface area contributed by atoms with Crippen molar-refractivity contribution in [1.82, 2.24) is 5.32 Å². The highest BCUT2D eigenvalue weighted by Crippen LogP contribution is 2.11. The summed E-state index contributed by atoms with van der Waals surface area (Å²) in [5.74, 6) is -0.725. The summed E-state index contributed by atoms with van der Waals surface area (Å²) in [6.45, 7) is 4.10. The highest BCUT2D eigenvalue weighted by Gasteiger charge is 2.07. The Kier molecular flexibility index (Phi) is 7.70. The third-order valence-electron chi connectivity index (χ3n) is 3.08. The maximum absolute atomic E-state index is 12.0. The van der Waals surface area contributed by atoms with Gasteiger partial charge in [-0.05, 0) is 44.5 Å². The van der Waals surface area contributed by atoms with Gasteiger partial charge in [0.15, 0.2) is 5.78 Å². The minimum absolute atomic E-state index is 0.0379. The van der Waals surface area contributed by atoms with Gasteiger partial charge in [-0.25, -0.2) is 0 Å². The lowest BCUT2D eigenvalue weighted by Gasteiger charge is -2.06. The maximum Gasteiger partial charge on any atom is 0.251 e. The number of hydrogen-bond acceptors (Lipinski definition) is 4. The third-order valence-corrected chi connectivity index (χ3v) is 3.08. The number of benzene rings is 1. The van der Waals surface area contributed by atoms with Crippen LogP contribution in [0.4, 0.5) is 5.69 Å². The van der Waals surface area contributed by atoms with Crippen molar-refractivity contribution in [2.75, 3.05) is 25.6 Å². The van der Waals surface area contributed by atoms with Crippen LogP contribution in [0.15, 0.2) is 35.9 Å². The second-order valence-electron chi connectivity index (χ2n) is 5.05. The van der Waals surface area contributed by atoms with Gasteiger partial charge in [-0.15, -0.1) is 0 Å². The number of ketones is 1. The van der Waals surface area contributed by atoms with Crippen LogP contribution in [-0.2, 0) is 14.3 Å². The molecule has 0 aromatic heterocycles. The van der Waals surface area contributed by atoms with E-state index in [0.717, 1.165) is 0 Å². The van der Waals surface area contributed by atoms with E-state index in [9.17, 15) is 14.4 Å². The second kappa shape index (κ2) is 9.53. The molecule has 23 heavy (non-hydrogen) atoms. The fourth-order valence-corrected chi connectivity index (χ4v) is 1.76. The Morgan fingerprint density at radius 1 is 1.13 bits per heavy atom. The van der Waals surface area contributed by atoms with Crippen LogP contribution in [0.5, 0.6) is 0 Å². The first kappa shape index (κ1) is 18.6. The van der Waals surface area contributed by atoms with E-state index in [1.54, 1.807) is 38.3 Å². The number of hydrogen-bond donors (Lipinski definition) is 2. The molecule has 0 spiro atoms. The topological polar surface area (TPSA) is 84.5 Å². The van der Waals surface area contributed by atoms with E-state index in [-0.39, 0.29) is 17.6 Å². The third kappa shape index (κ3) is 6.88. The molecule has 0 radical (unpaired) electrons. The van der Waals surface area contributed by atoms with E-state index in [0.29, 0.717) is 36.4 Å². The number of anilines is 1. The van der Waals surface area contributed by atoms with Gasteiger partial charge < -0.3 is 15.4 Å². The lowest BCUT2D eigenvalue weighted by atomic mass is 10.1. The molecule has 0 aliphatic heterocycles. The van der Waals surface area contributed by atoms with Crippen molar-refractivity contribution in [3.05, 3.63) is 41.5 Å². The average molecular weight is 318 g/mol. The molecule has 124 valence electrons. The first-order valence-electron chi connectivity index (χ1n) is 7.31. The monoisotopic (exact) mass is 318 g/mol. The van der Waals surface area contributed by atoms with Gasteiger partial charge in [0, 0.05) is 43.2 Å². The molecule has 0 atom stereocenters. The van der Waals surface area contributed by atoms with Crippen molar-refractivity contribution in [1.29, 1.82) is 0 Å². The van der Waals surface area contributed by atoms with E-state index in [1.807, 2.05) is 0 Å². The van der Waals surface area contributed by atoms with E-state index >= 15 is 0 Å². The largest absolute Gasteiger partial charge is 0.385 e. The molecule has 0 fully saturated rings. The van der Waals surface area contributed by atoms with Gasteiger partial charge >= 0.3 is 0 Å². The summed E-state index contributed by atoms with van der Waals surface area (Å²) in [5, 5.41) is 5.35. The summed E-state index contributed by atoms with van der Waals surface area (Å²) in [6.07, 6.45) is 1.97. The zero-order chi connectivity index (χ0) is 17.2. The van der Waals surface area contributed by atoms with Gasteiger partial charge in [0.2, 0.25) is 5.91 Å². The van der Waals surface area contributed by atoms with Crippen molar-refractivity contribution in [2.45, 2.75) is 20.3 Å². The fraction of sp³-hybridized carbons (Fsp3) is 0.353. The molecular formula is C17H22N2O4. The molecule has 1 aromatic rings. The summed E-state index contributed by atoms with van der Waals surface area (Å²) in [4.78, 5) is 34.8. The molecule has 0 aliphatic rings. The number of amides is 2. The lowest BCUT2D eigenvalue weighted by Crippen LogP contribution is -2.24. The summed E-state index contributed by atoms with van der Waals surface area (Å²) in [6, 6.07) is 6.57. The zero-order valence-corrected chi connectivity index (χ0v) is 13.6. The Balaban J connectivity index is 2.53. The van der Waals surface area contributed by atoms with E-state index in [2.05, 4.69) is 10.6 Å². The predicted octanol–water partition coefficient (Wildman–Crippen LogP) is 1.93. The van der Waals surface area contributed by atoms with E-state index < -0.39 is 0 Å². The molecule has 6 nitrogen and oxygen atoms in total. The van der Waals surface area contributed by atoms with Gasteiger partial charge in [-0.1, -0.05) is 0 Å². The maximum atomic E-state index is 12.0. The number of rotatable bonds is 8. The summed E-state index contributed by atoms with van der Waals surface area (Å²) < 4.78 is 4.88. The molecule has 0 unspecified atom stereocenters. The van der Waals surface area contributed by atoms with E-state index in [1.165, 1.54) is 13.0 Å². The van der Waals surface area contributed by atoms with Crippen LogP contribution in [0, 0.1) is 0 Å². The van der Waals surface area contributed by atoms with Crippen LogP contribution in [-0.4, -0.2) is 37.9 Å². The Hall–Kier alpha value is -2.47. The number of ether oxygens (including phenoxy) is 1. The van der Waals surface area contributed by atoms with Crippen molar-refractivity contribution in [3.63, 3.8) is 0 Å². The van der Waals surface area contributed by atoms with E-state index in [4.69, 9.17) is 4.74 Å². The second-order valence-corrected chi connectivity index (χ2v) is 5.05. The number of methoxy groups -OCH3 is 1. The fourth-order valence-electron chi connectivity index (χ4n) is 1.76. The minimum Gasteiger partial charge on any atom is -0.385 e. The molecule has 2 N–H and O–H groups in total. The Morgan fingerprint density at radius 2 is 1.78 bits per heavy atom. The van der Waals surface area contributed by atoms with Crippen LogP contribution < -0.4 is 10.6 Å². The molecule has 1 rings (SSSR count). The number of carbonyl (C=O) groups is 3.